The average Bonchev–Trinajstić information content (AvgIpc) is 2.50. The Morgan fingerprint density at radius 3 is 2.75 bits per heavy atom. The van der Waals surface area contributed by atoms with Gasteiger partial charge in [-0.05, 0) is 34.1 Å². The minimum absolute atomic E-state index is 0.326. The van der Waals surface area contributed by atoms with E-state index in [1.54, 1.807) is 7.05 Å². The smallest absolute Gasteiger partial charge is 0.136 e. The lowest BCUT2D eigenvalue weighted by Crippen LogP contribution is -1.97. The van der Waals surface area contributed by atoms with Crippen molar-refractivity contribution >= 4 is 33.3 Å². The molecule has 6 heteroatoms. The number of halogens is 3. The van der Waals surface area contributed by atoms with Gasteiger partial charge in [0.15, 0.2) is 0 Å². The van der Waals surface area contributed by atoms with Gasteiger partial charge < -0.3 is 5.73 Å². The zero-order valence-electron chi connectivity index (χ0n) is 8.34. The molecule has 1 heterocycles. The van der Waals surface area contributed by atoms with Crippen LogP contribution in [0.4, 0.5) is 10.2 Å². The molecule has 0 aliphatic rings. The van der Waals surface area contributed by atoms with Gasteiger partial charge in [0, 0.05) is 17.6 Å². The van der Waals surface area contributed by atoms with Crippen molar-refractivity contribution in [3.63, 3.8) is 0 Å². The van der Waals surface area contributed by atoms with E-state index in [4.69, 9.17) is 17.3 Å². The van der Waals surface area contributed by atoms with Crippen molar-refractivity contribution in [3.8, 4) is 11.3 Å². The Morgan fingerprint density at radius 1 is 1.50 bits per heavy atom. The van der Waals surface area contributed by atoms with E-state index in [0.29, 0.717) is 26.6 Å². The van der Waals surface area contributed by atoms with Crippen LogP contribution in [0, 0.1) is 5.82 Å². The summed E-state index contributed by atoms with van der Waals surface area (Å²) in [5, 5.41) is 4.58. The van der Waals surface area contributed by atoms with Crippen LogP contribution in [-0.4, -0.2) is 9.78 Å². The molecule has 0 atom stereocenters. The van der Waals surface area contributed by atoms with Crippen LogP contribution >= 0.6 is 27.5 Å². The van der Waals surface area contributed by atoms with Gasteiger partial charge in [0.1, 0.15) is 17.3 Å². The Morgan fingerprint density at radius 2 is 2.19 bits per heavy atom. The molecular weight excluding hydrogens is 296 g/mol. The molecule has 0 amide bonds. The van der Waals surface area contributed by atoms with Gasteiger partial charge in [-0.2, -0.15) is 5.10 Å². The summed E-state index contributed by atoms with van der Waals surface area (Å²) < 4.78 is 15.6. The summed E-state index contributed by atoms with van der Waals surface area (Å²) in [7, 11) is 1.69. The number of anilines is 1. The molecule has 0 aliphatic heterocycles. The van der Waals surface area contributed by atoms with Crippen LogP contribution in [0.15, 0.2) is 22.7 Å². The SMILES string of the molecule is Cn1nc(-c2cc(Cl)ccc2F)c(Br)c1N. The van der Waals surface area contributed by atoms with E-state index in [1.807, 2.05) is 0 Å². The van der Waals surface area contributed by atoms with E-state index < -0.39 is 0 Å². The molecule has 0 unspecified atom stereocenters. The van der Waals surface area contributed by atoms with Crippen LogP contribution in [0.3, 0.4) is 0 Å². The third-order valence-electron chi connectivity index (χ3n) is 2.21. The minimum Gasteiger partial charge on any atom is -0.383 e. The number of nitrogens with two attached hydrogens (primary N) is 1. The van der Waals surface area contributed by atoms with E-state index in [1.165, 1.54) is 22.9 Å². The zero-order valence-corrected chi connectivity index (χ0v) is 10.7. The number of aromatic nitrogens is 2. The predicted octanol–water partition coefficient (Wildman–Crippen LogP) is 3.22. The summed E-state index contributed by atoms with van der Waals surface area (Å²) in [6.45, 7) is 0. The molecule has 0 radical (unpaired) electrons. The average molecular weight is 305 g/mol. The maximum Gasteiger partial charge on any atom is 0.136 e. The van der Waals surface area contributed by atoms with Gasteiger partial charge >= 0.3 is 0 Å². The molecule has 1 aromatic heterocycles. The van der Waals surface area contributed by atoms with Crippen LogP contribution < -0.4 is 5.73 Å². The lowest BCUT2D eigenvalue weighted by atomic mass is 10.1. The normalized spacial score (nSPS) is 10.8. The molecule has 16 heavy (non-hydrogen) atoms. The second-order valence-corrected chi connectivity index (χ2v) is 4.53. The molecule has 84 valence electrons. The molecular formula is C10H8BrClFN3. The summed E-state index contributed by atoms with van der Waals surface area (Å²) in [5.41, 5.74) is 6.50. The van der Waals surface area contributed by atoms with Crippen LogP contribution in [-0.2, 0) is 7.05 Å². The standard InChI is InChI=1S/C10H8BrClFN3/c1-16-10(14)8(11)9(15-16)6-4-5(12)2-3-7(6)13/h2-4H,14H2,1H3. The number of hydrogen-bond acceptors (Lipinski definition) is 2. The monoisotopic (exact) mass is 303 g/mol. The van der Waals surface area contributed by atoms with E-state index in [2.05, 4.69) is 21.0 Å². The van der Waals surface area contributed by atoms with Crippen molar-refractivity contribution in [2.24, 2.45) is 7.05 Å². The quantitative estimate of drug-likeness (QED) is 0.879. The van der Waals surface area contributed by atoms with Crippen LogP contribution in [0.1, 0.15) is 0 Å². The summed E-state index contributed by atoms with van der Waals surface area (Å²) >= 11 is 9.10. The molecule has 0 saturated carbocycles. The van der Waals surface area contributed by atoms with Crippen LogP contribution in [0.5, 0.6) is 0 Å². The number of rotatable bonds is 1. The zero-order chi connectivity index (χ0) is 11.9. The maximum atomic E-state index is 13.6. The molecule has 2 N–H and O–H groups in total. The fourth-order valence-electron chi connectivity index (χ4n) is 1.36. The number of nitrogen functional groups attached to an aromatic ring is 1. The first-order chi connectivity index (χ1) is 7.50. The molecule has 0 saturated heterocycles. The molecule has 2 aromatic rings. The highest BCUT2D eigenvalue weighted by atomic mass is 79.9. The number of aryl methyl sites for hydroxylation is 1. The first-order valence-corrected chi connectivity index (χ1v) is 5.61. The highest BCUT2D eigenvalue weighted by Gasteiger charge is 2.16. The second kappa shape index (κ2) is 4.07. The van der Waals surface area contributed by atoms with Crippen LogP contribution in [0.2, 0.25) is 5.02 Å². The van der Waals surface area contributed by atoms with Crippen molar-refractivity contribution in [3.05, 3.63) is 33.5 Å². The largest absolute Gasteiger partial charge is 0.383 e. The molecule has 0 bridgehead atoms. The summed E-state index contributed by atoms with van der Waals surface area (Å²) in [6.07, 6.45) is 0. The van der Waals surface area contributed by atoms with Gasteiger partial charge in [0.2, 0.25) is 0 Å². The Bertz CT molecular complexity index is 553. The van der Waals surface area contributed by atoms with Gasteiger partial charge in [-0.15, -0.1) is 0 Å². The van der Waals surface area contributed by atoms with E-state index in [9.17, 15) is 4.39 Å². The lowest BCUT2D eigenvalue weighted by molar-refractivity contribution is 0.630. The number of benzene rings is 1. The highest BCUT2D eigenvalue weighted by molar-refractivity contribution is 9.10. The van der Waals surface area contributed by atoms with Crippen molar-refractivity contribution in [2.75, 3.05) is 5.73 Å². The van der Waals surface area contributed by atoms with Gasteiger partial charge in [-0.25, -0.2) is 4.39 Å². The van der Waals surface area contributed by atoms with Crippen molar-refractivity contribution < 1.29 is 4.39 Å². The van der Waals surface area contributed by atoms with E-state index >= 15 is 0 Å². The van der Waals surface area contributed by atoms with Crippen molar-refractivity contribution in [1.29, 1.82) is 0 Å². The topological polar surface area (TPSA) is 43.8 Å². The third-order valence-corrected chi connectivity index (χ3v) is 3.23. The van der Waals surface area contributed by atoms with Gasteiger partial charge in [0.05, 0.1) is 4.47 Å². The fraction of sp³-hybridized carbons (Fsp3) is 0.100. The molecule has 1 aromatic carbocycles. The molecule has 3 nitrogen and oxygen atoms in total. The summed E-state index contributed by atoms with van der Waals surface area (Å²) in [6, 6.07) is 4.30. The van der Waals surface area contributed by atoms with Crippen molar-refractivity contribution in [1.82, 2.24) is 9.78 Å². The maximum absolute atomic E-state index is 13.6. The van der Waals surface area contributed by atoms with Gasteiger partial charge in [0.25, 0.3) is 0 Å². The van der Waals surface area contributed by atoms with Crippen LogP contribution in [0.25, 0.3) is 11.3 Å². The Kier molecular flexibility index (Phi) is 2.90. The van der Waals surface area contributed by atoms with Crippen molar-refractivity contribution in [2.45, 2.75) is 0 Å². The third kappa shape index (κ3) is 1.81. The second-order valence-electron chi connectivity index (χ2n) is 3.30. The molecule has 0 spiro atoms. The predicted molar refractivity (Wildman–Crippen MR) is 65.7 cm³/mol. The first kappa shape index (κ1) is 11.4. The lowest BCUT2D eigenvalue weighted by Gasteiger charge is -2.00. The summed E-state index contributed by atoms with van der Waals surface area (Å²) in [5.74, 6) is 0.0533. The van der Waals surface area contributed by atoms with Gasteiger partial charge in [-0.1, -0.05) is 11.6 Å². The van der Waals surface area contributed by atoms with E-state index in [-0.39, 0.29) is 5.82 Å². The highest BCUT2D eigenvalue weighted by Crippen LogP contribution is 2.34. The Labute approximate surface area is 105 Å². The number of nitrogens with zero attached hydrogens (tertiary/aromatic N) is 2. The Hall–Kier alpha value is -1.07. The molecule has 2 rings (SSSR count). The fourth-order valence-corrected chi connectivity index (χ4v) is 2.08. The molecule has 0 fully saturated rings. The summed E-state index contributed by atoms with van der Waals surface area (Å²) in [4.78, 5) is 0. The minimum atomic E-state index is -0.386. The first-order valence-electron chi connectivity index (χ1n) is 4.44. The molecule has 0 aliphatic carbocycles. The van der Waals surface area contributed by atoms with Gasteiger partial charge in [-0.3, -0.25) is 4.68 Å². The van der Waals surface area contributed by atoms with E-state index in [0.717, 1.165) is 0 Å². The number of hydrogen-bond donors (Lipinski definition) is 1. The Balaban J connectivity index is 2.67.